The third kappa shape index (κ3) is 11.5. The Labute approximate surface area is 184 Å². The summed E-state index contributed by atoms with van der Waals surface area (Å²) in [5, 5.41) is 33.5. The Kier molecular flexibility index (Phi) is 14.2. The third-order valence-electron chi connectivity index (χ3n) is 4.20. The summed E-state index contributed by atoms with van der Waals surface area (Å²) in [6, 6.07) is -5.03. The predicted octanol–water partition coefficient (Wildman–Crippen LogP) is -3.23. The van der Waals surface area contributed by atoms with Crippen LogP contribution in [0.15, 0.2) is 0 Å². The molecule has 0 heterocycles. The van der Waals surface area contributed by atoms with E-state index in [4.69, 9.17) is 26.8 Å². The topological polar surface area (TPSA) is 234 Å². The molecule has 0 aromatic heterocycles. The molecule has 4 atom stereocenters. The number of unbranched alkanes of at least 4 members (excludes halogenated alkanes) is 1. The molecule has 0 aliphatic carbocycles. The van der Waals surface area contributed by atoms with Crippen molar-refractivity contribution in [3.05, 3.63) is 0 Å². The van der Waals surface area contributed by atoms with Crippen molar-refractivity contribution in [2.24, 2.45) is 11.5 Å². The number of nitrogens with one attached hydrogen (secondary N) is 3. The maximum atomic E-state index is 12.7. The molecule has 4 unspecified atom stereocenters. The number of nitrogens with two attached hydrogens (primary N) is 2. The lowest BCUT2D eigenvalue weighted by Crippen LogP contribution is -2.58. The number of aliphatic hydroxyl groups is 1. The molecule has 0 saturated carbocycles. The fourth-order valence-electron chi connectivity index (χ4n) is 2.37. The van der Waals surface area contributed by atoms with Gasteiger partial charge in [-0.3, -0.25) is 19.2 Å². The molecule has 10 N–H and O–H groups in total. The van der Waals surface area contributed by atoms with Gasteiger partial charge >= 0.3 is 11.9 Å². The van der Waals surface area contributed by atoms with Gasteiger partial charge in [0.15, 0.2) is 0 Å². The Morgan fingerprint density at radius 3 is 1.87 bits per heavy atom. The molecule has 0 bridgehead atoms. The number of carbonyl (C=O) groups excluding carboxylic acids is 3. The maximum absolute atomic E-state index is 12.7. The van der Waals surface area contributed by atoms with Gasteiger partial charge in [-0.2, -0.15) is 12.6 Å². The van der Waals surface area contributed by atoms with Crippen LogP contribution in [-0.4, -0.2) is 88.1 Å². The van der Waals surface area contributed by atoms with E-state index in [1.807, 2.05) is 0 Å². The minimum atomic E-state index is -1.56. The zero-order chi connectivity index (χ0) is 24.0. The average molecular weight is 466 g/mol. The fraction of sp³-hybridized carbons (Fsp3) is 0.706. The molecule has 3 amide bonds. The lowest BCUT2D eigenvalue weighted by atomic mass is 10.1. The van der Waals surface area contributed by atoms with Crippen LogP contribution in [0.5, 0.6) is 0 Å². The molecule has 0 rings (SSSR count). The van der Waals surface area contributed by atoms with E-state index in [1.54, 1.807) is 0 Å². The lowest BCUT2D eigenvalue weighted by molar-refractivity contribution is -0.143. The van der Waals surface area contributed by atoms with E-state index in [2.05, 4.69) is 28.6 Å². The van der Waals surface area contributed by atoms with Gasteiger partial charge in [-0.1, -0.05) is 0 Å². The summed E-state index contributed by atoms with van der Waals surface area (Å²) in [6.45, 7) is -0.486. The summed E-state index contributed by atoms with van der Waals surface area (Å²) < 4.78 is 0. The molecule has 0 radical (unpaired) electrons. The van der Waals surface area contributed by atoms with Gasteiger partial charge in [-0.05, 0) is 32.2 Å². The number of rotatable bonds is 16. The number of thiol groups is 1. The largest absolute Gasteiger partial charge is 0.481 e. The highest BCUT2D eigenvalue weighted by atomic mass is 32.1. The van der Waals surface area contributed by atoms with Gasteiger partial charge in [0.25, 0.3) is 0 Å². The van der Waals surface area contributed by atoms with Crippen molar-refractivity contribution in [1.82, 2.24) is 16.0 Å². The normalized spacial score (nSPS) is 14.6. The molecule has 14 heteroatoms. The number of hydrogen-bond donors (Lipinski definition) is 9. The van der Waals surface area contributed by atoms with Gasteiger partial charge in [0, 0.05) is 12.2 Å². The molecule has 178 valence electrons. The molecule has 0 aromatic rings. The third-order valence-corrected chi connectivity index (χ3v) is 4.56. The van der Waals surface area contributed by atoms with E-state index in [0.29, 0.717) is 19.4 Å². The molecule has 31 heavy (non-hydrogen) atoms. The van der Waals surface area contributed by atoms with Crippen molar-refractivity contribution in [2.75, 3.05) is 18.9 Å². The van der Waals surface area contributed by atoms with Crippen LogP contribution in [0.1, 0.15) is 32.1 Å². The fourth-order valence-corrected chi connectivity index (χ4v) is 2.63. The number of carbonyl (C=O) groups is 5. The number of carboxylic acid groups (broad SMARTS) is 2. The standard InChI is InChI=1S/C17H31N5O8S/c18-6-2-1-3-10(20-14(26)9(19)4-5-13(24)25)15(27)22-12(8-31)16(28)21-11(7-23)17(29)30/h9-12,23,31H,1-8,18-19H2,(H,20,26)(H,21,28)(H,22,27)(H,24,25)(H,29,30). The number of hydrogen-bond acceptors (Lipinski definition) is 9. The van der Waals surface area contributed by atoms with Crippen molar-refractivity contribution in [3.63, 3.8) is 0 Å². The Morgan fingerprint density at radius 1 is 0.839 bits per heavy atom. The average Bonchev–Trinajstić information content (AvgIpc) is 2.72. The number of amides is 3. The monoisotopic (exact) mass is 465 g/mol. The maximum Gasteiger partial charge on any atom is 0.328 e. The van der Waals surface area contributed by atoms with Crippen LogP contribution in [0.2, 0.25) is 0 Å². The molecular formula is C17H31N5O8S. The Bertz CT molecular complexity index is 636. The molecular weight excluding hydrogens is 434 g/mol. The molecule has 0 spiro atoms. The highest BCUT2D eigenvalue weighted by molar-refractivity contribution is 7.80. The van der Waals surface area contributed by atoms with Crippen LogP contribution in [0, 0.1) is 0 Å². The lowest BCUT2D eigenvalue weighted by Gasteiger charge is -2.24. The van der Waals surface area contributed by atoms with E-state index in [0.717, 1.165) is 0 Å². The second kappa shape index (κ2) is 15.4. The van der Waals surface area contributed by atoms with E-state index in [9.17, 15) is 24.0 Å². The Balaban J connectivity index is 5.15. The van der Waals surface area contributed by atoms with Crippen LogP contribution in [0.3, 0.4) is 0 Å². The number of aliphatic hydroxyl groups excluding tert-OH is 1. The smallest absolute Gasteiger partial charge is 0.328 e. The molecule has 13 nitrogen and oxygen atoms in total. The van der Waals surface area contributed by atoms with Gasteiger partial charge in [-0.25, -0.2) is 4.79 Å². The van der Waals surface area contributed by atoms with Crippen molar-refractivity contribution >= 4 is 42.3 Å². The van der Waals surface area contributed by atoms with E-state index in [-0.39, 0.29) is 25.0 Å². The highest BCUT2D eigenvalue weighted by Crippen LogP contribution is 2.04. The van der Waals surface area contributed by atoms with Crippen LogP contribution in [-0.2, 0) is 24.0 Å². The second-order valence-corrected chi connectivity index (χ2v) is 7.08. The SMILES string of the molecule is NCCCCC(NC(=O)C(N)CCC(=O)O)C(=O)NC(CS)C(=O)NC(CO)C(=O)O. The van der Waals surface area contributed by atoms with E-state index in [1.165, 1.54) is 0 Å². The van der Waals surface area contributed by atoms with Gasteiger partial charge in [-0.15, -0.1) is 0 Å². The first-order valence-corrected chi connectivity index (χ1v) is 10.2. The number of aliphatic carboxylic acids is 2. The minimum Gasteiger partial charge on any atom is -0.481 e. The first-order chi connectivity index (χ1) is 14.6. The van der Waals surface area contributed by atoms with Crippen molar-refractivity contribution in [3.8, 4) is 0 Å². The molecule has 0 saturated heterocycles. The van der Waals surface area contributed by atoms with Gasteiger partial charge in [0.2, 0.25) is 17.7 Å². The summed E-state index contributed by atoms with van der Waals surface area (Å²) in [5.41, 5.74) is 11.1. The summed E-state index contributed by atoms with van der Waals surface area (Å²) in [7, 11) is 0. The Morgan fingerprint density at radius 2 is 1.39 bits per heavy atom. The van der Waals surface area contributed by atoms with Crippen LogP contribution < -0.4 is 27.4 Å². The summed E-state index contributed by atoms with van der Waals surface area (Å²) in [6.07, 6.45) is 0.768. The molecule has 0 fully saturated rings. The van der Waals surface area contributed by atoms with Gasteiger partial charge in [0.1, 0.15) is 18.1 Å². The summed E-state index contributed by atoms with van der Waals surface area (Å²) in [5.74, 6) is -5.10. The van der Waals surface area contributed by atoms with Crippen LogP contribution in [0.25, 0.3) is 0 Å². The molecule has 0 aromatic carbocycles. The molecule has 0 aliphatic heterocycles. The van der Waals surface area contributed by atoms with Crippen molar-refractivity contribution in [2.45, 2.75) is 56.3 Å². The molecule has 0 aliphatic rings. The zero-order valence-electron chi connectivity index (χ0n) is 17.0. The van der Waals surface area contributed by atoms with E-state index >= 15 is 0 Å². The van der Waals surface area contributed by atoms with E-state index < -0.39 is 60.4 Å². The number of carboxylic acids is 2. The summed E-state index contributed by atoms with van der Waals surface area (Å²) >= 11 is 3.97. The van der Waals surface area contributed by atoms with Crippen LogP contribution >= 0.6 is 12.6 Å². The minimum absolute atomic E-state index is 0.127. The van der Waals surface area contributed by atoms with Crippen molar-refractivity contribution < 1.29 is 39.3 Å². The highest BCUT2D eigenvalue weighted by Gasteiger charge is 2.29. The first-order valence-electron chi connectivity index (χ1n) is 9.60. The Hall–Kier alpha value is -2.42. The van der Waals surface area contributed by atoms with Gasteiger partial charge < -0.3 is 42.7 Å². The predicted molar refractivity (Wildman–Crippen MR) is 112 cm³/mol. The second-order valence-electron chi connectivity index (χ2n) is 6.71. The first kappa shape index (κ1) is 28.6. The van der Waals surface area contributed by atoms with Crippen molar-refractivity contribution in [1.29, 1.82) is 0 Å². The van der Waals surface area contributed by atoms with Gasteiger partial charge in [0.05, 0.1) is 12.6 Å². The zero-order valence-corrected chi connectivity index (χ0v) is 17.8. The summed E-state index contributed by atoms with van der Waals surface area (Å²) in [4.78, 5) is 58.7. The quantitative estimate of drug-likeness (QED) is 0.0816. The van der Waals surface area contributed by atoms with Crippen LogP contribution in [0.4, 0.5) is 0 Å².